The fourth-order valence-electron chi connectivity index (χ4n) is 3.23. The maximum Gasteiger partial charge on any atom is -0.0512 e. The third-order valence-electron chi connectivity index (χ3n) is 4.30. The van der Waals surface area contributed by atoms with Crippen LogP contribution < -0.4 is 0 Å². The zero-order valence-electron chi connectivity index (χ0n) is 15.2. The summed E-state index contributed by atoms with van der Waals surface area (Å²) in [7, 11) is 0. The third kappa shape index (κ3) is 7.14. The Hall–Kier alpha value is -0.716. The van der Waals surface area contributed by atoms with Crippen LogP contribution >= 0.6 is 0 Å². The minimum atomic E-state index is 0. The molecular formula is C22H32Ti-4. The molecular weight excluding hydrogens is 312 g/mol. The van der Waals surface area contributed by atoms with Crippen LogP contribution in [0.5, 0.6) is 0 Å². The smallest absolute Gasteiger partial charge is 0.0512 e. The van der Waals surface area contributed by atoms with E-state index in [4.69, 9.17) is 0 Å². The first-order valence-corrected chi connectivity index (χ1v) is 9.17. The molecule has 0 unspecified atom stereocenters. The Morgan fingerprint density at radius 3 is 1.48 bits per heavy atom. The van der Waals surface area contributed by atoms with E-state index in [1.165, 1.54) is 51.4 Å². The van der Waals surface area contributed by atoms with E-state index >= 15 is 0 Å². The molecule has 1 heteroatoms. The summed E-state index contributed by atoms with van der Waals surface area (Å²) in [6.07, 6.45) is 10.9. The van der Waals surface area contributed by atoms with Gasteiger partial charge in [0, 0.05) is 0 Å². The Morgan fingerprint density at radius 2 is 1.13 bits per heavy atom. The van der Waals surface area contributed by atoms with Crippen molar-refractivity contribution in [2.75, 3.05) is 0 Å². The number of hydrogen-bond donors (Lipinski definition) is 0. The number of hydrogen-bond acceptors (Lipinski definition) is 0. The normalized spacial score (nSPS) is 14.1. The van der Waals surface area contributed by atoms with Gasteiger partial charge in [0.05, 0.1) is 0 Å². The van der Waals surface area contributed by atoms with Gasteiger partial charge in [-0.3, -0.25) is 0 Å². The zero-order chi connectivity index (χ0) is 14.9. The molecule has 2 aliphatic rings. The van der Waals surface area contributed by atoms with Crippen molar-refractivity contribution in [2.24, 2.45) is 0 Å². The van der Waals surface area contributed by atoms with Crippen LogP contribution in [-0.4, -0.2) is 4.31 Å². The molecule has 128 valence electrons. The van der Waals surface area contributed by atoms with Crippen molar-refractivity contribution in [3.05, 3.63) is 73.5 Å². The molecule has 23 heavy (non-hydrogen) atoms. The SMILES string of the molecule is C[CH]=[Ti].[CH3-].[CH3-].c1cc2c([cH-]1)CCCC2.c1cc2c([cH-]1)CCCC2. The van der Waals surface area contributed by atoms with Gasteiger partial charge < -0.3 is 14.9 Å². The van der Waals surface area contributed by atoms with Gasteiger partial charge in [-0.2, -0.15) is 46.5 Å². The predicted molar refractivity (Wildman–Crippen MR) is 102 cm³/mol. The molecule has 0 spiro atoms. The summed E-state index contributed by atoms with van der Waals surface area (Å²) in [6.45, 7) is 2.00. The van der Waals surface area contributed by atoms with E-state index in [0.29, 0.717) is 0 Å². The van der Waals surface area contributed by atoms with Gasteiger partial charge in [0.15, 0.2) is 0 Å². The Bertz CT molecular complexity index is 442. The average molecular weight is 344 g/mol. The molecule has 0 aromatic heterocycles. The molecule has 0 fully saturated rings. The fourth-order valence-corrected chi connectivity index (χ4v) is 3.23. The molecule has 0 radical (unpaired) electrons. The van der Waals surface area contributed by atoms with Crippen molar-refractivity contribution in [2.45, 2.75) is 58.3 Å². The molecule has 0 atom stereocenters. The van der Waals surface area contributed by atoms with Crippen molar-refractivity contribution in [3.63, 3.8) is 0 Å². The first-order chi connectivity index (χ1) is 10.3. The minimum absolute atomic E-state index is 0. The van der Waals surface area contributed by atoms with Crippen LogP contribution in [0.15, 0.2) is 36.4 Å². The van der Waals surface area contributed by atoms with Gasteiger partial charge in [0.2, 0.25) is 0 Å². The summed E-state index contributed by atoms with van der Waals surface area (Å²) in [5.74, 6) is 0. The number of fused-ring (bicyclic) bond motifs is 2. The van der Waals surface area contributed by atoms with Crippen LogP contribution in [0.25, 0.3) is 0 Å². The second-order valence-corrected chi connectivity index (χ2v) is 6.76. The van der Waals surface area contributed by atoms with Crippen molar-refractivity contribution in [1.29, 1.82) is 0 Å². The van der Waals surface area contributed by atoms with Crippen molar-refractivity contribution in [1.82, 2.24) is 0 Å². The van der Waals surface area contributed by atoms with Crippen LogP contribution in [0.3, 0.4) is 0 Å². The van der Waals surface area contributed by atoms with Crippen molar-refractivity contribution in [3.8, 4) is 0 Å². The van der Waals surface area contributed by atoms with Gasteiger partial charge in [-0.1, -0.05) is 51.4 Å². The topological polar surface area (TPSA) is 0 Å². The maximum atomic E-state index is 2.26. The molecule has 0 aliphatic heterocycles. The molecule has 2 aliphatic carbocycles. The van der Waals surface area contributed by atoms with E-state index in [9.17, 15) is 0 Å². The van der Waals surface area contributed by atoms with Crippen LogP contribution in [-0.2, 0) is 45.7 Å². The largest absolute Gasteiger partial charge is 0.358 e. The summed E-state index contributed by atoms with van der Waals surface area (Å²) < 4.78 is 2.00. The zero-order valence-corrected chi connectivity index (χ0v) is 16.8. The van der Waals surface area contributed by atoms with E-state index in [-0.39, 0.29) is 14.9 Å². The van der Waals surface area contributed by atoms with Crippen molar-refractivity contribution < 1.29 is 20.0 Å². The van der Waals surface area contributed by atoms with Crippen LogP contribution in [0.2, 0.25) is 0 Å². The summed E-state index contributed by atoms with van der Waals surface area (Å²) in [5, 5.41) is 0. The van der Waals surface area contributed by atoms with Gasteiger partial charge >= 0.3 is 31.2 Å². The Morgan fingerprint density at radius 1 is 0.783 bits per heavy atom. The molecule has 2 aromatic rings. The first-order valence-electron chi connectivity index (χ1n) is 8.27. The second kappa shape index (κ2) is 12.7. The monoisotopic (exact) mass is 344 g/mol. The summed E-state index contributed by atoms with van der Waals surface area (Å²) >= 11 is 2.00. The van der Waals surface area contributed by atoms with Gasteiger partial charge in [-0.15, -0.1) is 0 Å². The van der Waals surface area contributed by atoms with Gasteiger partial charge in [0.25, 0.3) is 0 Å². The Kier molecular flexibility index (Phi) is 12.3. The Labute approximate surface area is 156 Å². The molecule has 0 amide bonds. The number of rotatable bonds is 0. The third-order valence-corrected chi connectivity index (χ3v) is 4.30. The molecule has 0 heterocycles. The minimum Gasteiger partial charge on any atom is -0.358 e. The van der Waals surface area contributed by atoms with Crippen LogP contribution in [0, 0.1) is 14.9 Å². The van der Waals surface area contributed by atoms with Crippen molar-refractivity contribution >= 4 is 4.31 Å². The maximum absolute atomic E-state index is 2.26. The van der Waals surface area contributed by atoms with Crippen LogP contribution in [0.4, 0.5) is 0 Å². The van der Waals surface area contributed by atoms with E-state index in [1.807, 2.05) is 31.2 Å². The molecule has 0 N–H and O–H groups in total. The first kappa shape index (κ1) is 22.3. The standard InChI is InChI=1S/2C9H11.C2H4.2CH3.Ti/c2*1-2-5-9-7-3-6-8(9)4-1;1-2;;;/h2*3,6-7H,1-2,4-5H2;1H,2H3;2*1H3;/q2*-1;;2*-1;. The summed E-state index contributed by atoms with van der Waals surface area (Å²) in [5.41, 5.74) is 6.39. The molecule has 0 saturated heterocycles. The summed E-state index contributed by atoms with van der Waals surface area (Å²) in [6, 6.07) is 13.4. The van der Waals surface area contributed by atoms with E-state index in [2.05, 4.69) is 36.4 Å². The Balaban J connectivity index is 0.000000336. The molecule has 2 aromatic carbocycles. The van der Waals surface area contributed by atoms with Gasteiger partial charge in [0.1, 0.15) is 0 Å². The van der Waals surface area contributed by atoms with E-state index in [0.717, 1.165) is 0 Å². The quantitative estimate of drug-likeness (QED) is 0.417. The molecule has 0 nitrogen and oxygen atoms in total. The van der Waals surface area contributed by atoms with Gasteiger partial charge in [-0.25, -0.2) is 12.1 Å². The molecule has 4 rings (SSSR count). The van der Waals surface area contributed by atoms with Gasteiger partial charge in [-0.05, 0) is 0 Å². The predicted octanol–water partition coefficient (Wildman–Crippen LogP) is 5.82. The summed E-state index contributed by atoms with van der Waals surface area (Å²) in [4.78, 5) is 0. The average Bonchev–Trinajstić information content (AvgIpc) is 3.17. The molecule has 0 bridgehead atoms. The fraction of sp³-hybridized carbons (Fsp3) is 0.409. The number of aryl methyl sites for hydroxylation is 4. The molecule has 0 saturated carbocycles. The van der Waals surface area contributed by atoms with Crippen LogP contribution in [0.1, 0.15) is 54.9 Å². The van der Waals surface area contributed by atoms with E-state index in [1.54, 1.807) is 22.3 Å². The van der Waals surface area contributed by atoms with E-state index < -0.39 is 0 Å². The second-order valence-electron chi connectivity index (χ2n) is 5.86.